The molecule has 20 nitrogen and oxygen atoms in total. The van der Waals surface area contributed by atoms with E-state index in [1.165, 1.54) is 4.90 Å². The lowest BCUT2D eigenvalue weighted by molar-refractivity contribution is -0.361. The number of hydrogen-bond donors (Lipinski definition) is 3. The van der Waals surface area contributed by atoms with Gasteiger partial charge in [0.2, 0.25) is 0 Å². The third-order valence-corrected chi connectivity index (χ3v) is 14.4. The maximum Gasteiger partial charge on any atom is 0.410 e. The molecule has 2 aliphatic carbocycles. The number of nitrogens with one attached hydrogen (secondary N) is 3. The molecule has 66 heavy (non-hydrogen) atoms. The lowest BCUT2D eigenvalue weighted by atomic mass is 9.83. The number of rotatable bonds is 10. The largest absolute Gasteiger partial charge is 0.447 e. The third-order valence-electron chi connectivity index (χ3n) is 14.4. The maximum absolute atomic E-state index is 13.7. The van der Waals surface area contributed by atoms with E-state index in [1.807, 2.05) is 67.6 Å². The Morgan fingerprint density at radius 1 is 0.712 bits per heavy atom. The summed E-state index contributed by atoms with van der Waals surface area (Å²) in [6.45, 7) is 2.12. The van der Waals surface area contributed by atoms with Crippen molar-refractivity contribution in [3.05, 3.63) is 71.8 Å². The number of nitrogens with zero attached hydrogens (tertiary/aromatic N) is 1. The summed E-state index contributed by atoms with van der Waals surface area (Å²) in [6, 6.07) is 16.2. The van der Waals surface area contributed by atoms with Gasteiger partial charge < -0.3 is 72.8 Å². The van der Waals surface area contributed by atoms with Crippen LogP contribution < -0.4 is 16.0 Å². The highest BCUT2D eigenvalue weighted by Crippen LogP contribution is 2.48. The van der Waals surface area contributed by atoms with Crippen LogP contribution in [0.2, 0.25) is 0 Å². The molecule has 2 aromatic carbocycles. The molecule has 9 fully saturated rings. The molecule has 3 N–H and O–H groups in total. The minimum absolute atomic E-state index is 0.0360. The Morgan fingerprint density at radius 3 is 2.09 bits per heavy atom. The lowest BCUT2D eigenvalue weighted by Crippen LogP contribution is -2.67. The van der Waals surface area contributed by atoms with Crippen LogP contribution in [0.5, 0.6) is 0 Å². The summed E-state index contributed by atoms with van der Waals surface area (Å²) in [7, 11) is 1.61. The number of hydrogen-bond acceptors (Lipinski definition) is 16. The number of benzene rings is 2. The van der Waals surface area contributed by atoms with E-state index < -0.39 is 116 Å². The van der Waals surface area contributed by atoms with Gasteiger partial charge in [0.05, 0.1) is 24.2 Å². The Bertz CT molecular complexity index is 2100. The summed E-state index contributed by atoms with van der Waals surface area (Å²) >= 11 is 0. The quantitative estimate of drug-likeness (QED) is 0.228. The second kappa shape index (κ2) is 18.0. The third kappa shape index (κ3) is 8.66. The molecule has 1 spiro atoms. The topological polar surface area (TPSA) is 222 Å². The van der Waals surface area contributed by atoms with Gasteiger partial charge in [-0.05, 0) is 36.8 Å². The molecule has 2 saturated carbocycles. The summed E-state index contributed by atoms with van der Waals surface area (Å²) in [5, 5.41) is 8.85. The van der Waals surface area contributed by atoms with Crippen LogP contribution in [0.3, 0.4) is 0 Å². The van der Waals surface area contributed by atoms with Crippen LogP contribution >= 0.6 is 0 Å². The Balaban J connectivity index is 0.827. The van der Waals surface area contributed by atoms with Crippen LogP contribution in [0.1, 0.15) is 63.0 Å². The second-order valence-electron chi connectivity index (χ2n) is 18.8. The van der Waals surface area contributed by atoms with Crippen LogP contribution in [0.25, 0.3) is 0 Å². The average molecular weight is 921 g/mol. The molecule has 2 aromatic rings. The smallest absolute Gasteiger partial charge is 0.410 e. The van der Waals surface area contributed by atoms with Crippen LogP contribution in [-0.4, -0.2) is 147 Å². The first-order valence-electron chi connectivity index (χ1n) is 23.2. The summed E-state index contributed by atoms with van der Waals surface area (Å²) in [4.78, 5) is 53.8. The van der Waals surface area contributed by atoms with Crippen molar-refractivity contribution in [3.63, 3.8) is 0 Å². The van der Waals surface area contributed by atoms with Gasteiger partial charge in [-0.2, -0.15) is 0 Å². The molecule has 7 saturated heterocycles. The van der Waals surface area contributed by atoms with Crippen molar-refractivity contribution in [2.24, 2.45) is 5.92 Å². The zero-order valence-corrected chi connectivity index (χ0v) is 36.6. The van der Waals surface area contributed by atoms with Gasteiger partial charge in [0.1, 0.15) is 68.6 Å². The number of alkyl carbamates (subject to hydrolysis) is 3. The number of likely N-dealkylation sites (N-methyl/N-ethyl adjacent to an activating group) is 1. The minimum Gasteiger partial charge on any atom is -0.447 e. The first-order chi connectivity index (χ1) is 32.1. The first-order valence-corrected chi connectivity index (χ1v) is 23.2. The normalized spacial score (nSPS) is 40.5. The van der Waals surface area contributed by atoms with Gasteiger partial charge in [0.25, 0.3) is 0 Å². The van der Waals surface area contributed by atoms with Crippen molar-refractivity contribution in [2.75, 3.05) is 13.7 Å². The van der Waals surface area contributed by atoms with Crippen molar-refractivity contribution in [3.8, 4) is 0 Å². The fourth-order valence-electron chi connectivity index (χ4n) is 11.0. The SMILES string of the molecule is CC1C[C@@H]2OC(O[C@H]3OC4COC(=O)N[C@H]4[C@H]4OC34)C3C(OC(=O)N3C)C2O[C@@H]1O[C@@H]1C(NC(=O)OCc2ccccc2)C[C@@H](NC(=O)OCc2ccccc2)C2OC3(CCCCC3)O[C@H]21. The average Bonchev–Trinajstić information content (AvgIpc) is 3.97. The number of fused-ring (bicyclic) bond motifs is 7. The van der Waals surface area contributed by atoms with Crippen molar-refractivity contribution in [1.82, 2.24) is 20.9 Å². The number of carbonyl (C=O) groups excluding carboxylic acids is 4. The molecule has 20 heteroatoms. The number of carbonyl (C=O) groups is 4. The maximum atomic E-state index is 13.7. The second-order valence-corrected chi connectivity index (χ2v) is 18.8. The highest BCUT2D eigenvalue weighted by atomic mass is 16.8. The van der Waals surface area contributed by atoms with Crippen LogP contribution in [0, 0.1) is 5.92 Å². The lowest BCUT2D eigenvalue weighted by Gasteiger charge is -2.50. The highest BCUT2D eigenvalue weighted by molar-refractivity contribution is 5.71. The van der Waals surface area contributed by atoms with Crippen molar-refractivity contribution < 1.29 is 76.0 Å². The van der Waals surface area contributed by atoms with E-state index in [4.69, 9.17) is 56.8 Å². The summed E-state index contributed by atoms with van der Waals surface area (Å²) in [5.41, 5.74) is 1.65. The number of ether oxygens (including phenoxy) is 12. The molecule has 7 aliphatic heterocycles. The molecular formula is C46H56N4O16. The first kappa shape index (κ1) is 43.8. The Morgan fingerprint density at radius 2 is 1.38 bits per heavy atom. The van der Waals surface area contributed by atoms with Gasteiger partial charge in [-0.15, -0.1) is 0 Å². The van der Waals surface area contributed by atoms with Crippen LogP contribution in [0.4, 0.5) is 19.2 Å². The van der Waals surface area contributed by atoms with Gasteiger partial charge >= 0.3 is 24.4 Å². The van der Waals surface area contributed by atoms with Gasteiger partial charge in [0.15, 0.2) is 30.8 Å². The zero-order chi connectivity index (χ0) is 45.1. The molecule has 9 aliphatic rings. The van der Waals surface area contributed by atoms with E-state index in [0.717, 1.165) is 30.4 Å². The van der Waals surface area contributed by atoms with E-state index in [-0.39, 0.29) is 44.3 Å². The summed E-state index contributed by atoms with van der Waals surface area (Å²) in [6.07, 6.45) is -6.07. The predicted octanol–water partition coefficient (Wildman–Crippen LogP) is 3.72. The minimum atomic E-state index is -0.972. The van der Waals surface area contributed by atoms with E-state index in [9.17, 15) is 19.2 Å². The van der Waals surface area contributed by atoms with Crippen LogP contribution in [-0.2, 0) is 70.1 Å². The molecule has 356 valence electrons. The molecule has 0 bridgehead atoms. The molecule has 9 unspecified atom stereocenters. The predicted molar refractivity (Wildman–Crippen MR) is 222 cm³/mol. The van der Waals surface area contributed by atoms with E-state index >= 15 is 0 Å². The van der Waals surface area contributed by atoms with Gasteiger partial charge in [-0.3, -0.25) is 4.90 Å². The van der Waals surface area contributed by atoms with Crippen molar-refractivity contribution in [1.29, 1.82) is 0 Å². The summed E-state index contributed by atoms with van der Waals surface area (Å²) in [5.74, 6) is -1.20. The fourth-order valence-corrected chi connectivity index (χ4v) is 11.0. The highest BCUT2D eigenvalue weighted by Gasteiger charge is 2.65. The van der Waals surface area contributed by atoms with E-state index in [0.29, 0.717) is 19.3 Å². The Labute approximate surface area is 380 Å². The Hall–Kier alpha value is -4.80. The van der Waals surface area contributed by atoms with Crippen LogP contribution in [0.15, 0.2) is 60.7 Å². The molecule has 7 heterocycles. The van der Waals surface area contributed by atoms with Gasteiger partial charge in [-0.25, -0.2) is 19.2 Å². The molecule has 17 atom stereocenters. The number of epoxide rings is 1. The van der Waals surface area contributed by atoms with Gasteiger partial charge in [0, 0.05) is 25.8 Å². The van der Waals surface area contributed by atoms with E-state index in [1.54, 1.807) is 7.05 Å². The molecule has 4 amide bonds. The van der Waals surface area contributed by atoms with Gasteiger partial charge in [-0.1, -0.05) is 74.0 Å². The van der Waals surface area contributed by atoms with Crippen molar-refractivity contribution >= 4 is 24.4 Å². The molecule has 0 aromatic heterocycles. The van der Waals surface area contributed by atoms with Crippen molar-refractivity contribution in [2.45, 2.75) is 169 Å². The molecule has 11 rings (SSSR count). The number of amides is 4. The molecule has 0 radical (unpaired) electrons. The fraction of sp³-hybridized carbons (Fsp3) is 0.652. The monoisotopic (exact) mass is 920 g/mol. The Kier molecular flexibility index (Phi) is 11.9. The molecular weight excluding hydrogens is 865 g/mol. The summed E-state index contributed by atoms with van der Waals surface area (Å²) < 4.78 is 75.5. The zero-order valence-electron chi connectivity index (χ0n) is 36.6. The number of cyclic esters (lactones) is 1. The van der Waals surface area contributed by atoms with E-state index in [2.05, 4.69) is 16.0 Å². The standard InChI is InChI=1S/C46H56N4O16/c1-23-18-28-34(36-31(50(2)45(54)63-36)40(58-28)64-41-38-35(60-38)30-29(59-41)22-57-44(53)49-30)62-39(23)61-32-26(47-42(51)55-20-24-12-6-3-7-13-24)19-27(48-43(52)56-21-25-14-8-4-9-15-25)33-37(32)66-46(65-33)16-10-5-11-17-46/h3-4,6-9,12-15,23,26-41H,5,10-11,16-22H2,1-2H3,(H,47,51)(H,48,52)(H,49,53)/t23?,26?,27-,28+,29?,30-,31?,32-,33?,34?,35-,36?,37+,38?,39+,40?,41-/m1/s1.